The molecule has 74 valence electrons. The van der Waals surface area contributed by atoms with Crippen LogP contribution in [-0.4, -0.2) is 0 Å². The topological polar surface area (TPSA) is 0 Å². The van der Waals surface area contributed by atoms with E-state index in [9.17, 15) is 0 Å². The van der Waals surface area contributed by atoms with E-state index in [1.54, 1.807) is 27.7 Å². The Morgan fingerprint density at radius 3 is 2.20 bits per heavy atom. The molecule has 0 spiro atoms. The predicted molar refractivity (Wildman–Crippen MR) is 71.9 cm³/mol. The van der Waals surface area contributed by atoms with Crippen molar-refractivity contribution < 1.29 is 0 Å². The highest BCUT2D eigenvalue weighted by atomic mass is 33.1. The Kier molecular flexibility index (Phi) is 5.63. The SMILES string of the molecule is C=CC#CC1=CC=C(C#C/C=C/C)SS1. The van der Waals surface area contributed by atoms with Crippen LogP contribution in [0.15, 0.2) is 46.8 Å². The van der Waals surface area contributed by atoms with Crippen molar-refractivity contribution in [2.24, 2.45) is 0 Å². The molecule has 1 rings (SSSR count). The van der Waals surface area contributed by atoms with Crippen LogP contribution in [0.5, 0.6) is 0 Å². The van der Waals surface area contributed by atoms with Crippen LogP contribution in [0.2, 0.25) is 0 Å². The van der Waals surface area contributed by atoms with Crippen LogP contribution in [0.3, 0.4) is 0 Å². The number of hydrogen-bond acceptors (Lipinski definition) is 2. The second kappa shape index (κ2) is 7.12. The molecule has 15 heavy (non-hydrogen) atoms. The van der Waals surface area contributed by atoms with Crippen molar-refractivity contribution >= 4 is 21.6 Å². The molecule has 0 unspecified atom stereocenters. The van der Waals surface area contributed by atoms with Crippen LogP contribution in [-0.2, 0) is 0 Å². The van der Waals surface area contributed by atoms with Crippen molar-refractivity contribution in [3.8, 4) is 23.7 Å². The van der Waals surface area contributed by atoms with E-state index < -0.39 is 0 Å². The number of rotatable bonds is 0. The third kappa shape index (κ3) is 4.70. The molecule has 1 aliphatic heterocycles. The van der Waals surface area contributed by atoms with Gasteiger partial charge in [0.15, 0.2) is 0 Å². The molecule has 0 saturated heterocycles. The summed E-state index contributed by atoms with van der Waals surface area (Å²) in [4.78, 5) is 2.10. The average Bonchev–Trinajstić information content (AvgIpc) is 2.28. The van der Waals surface area contributed by atoms with Crippen LogP contribution in [0.1, 0.15) is 6.92 Å². The average molecular weight is 230 g/mol. The molecule has 0 radical (unpaired) electrons. The van der Waals surface area contributed by atoms with E-state index in [2.05, 4.69) is 30.3 Å². The van der Waals surface area contributed by atoms with Gasteiger partial charge in [-0.05, 0) is 52.8 Å². The molecule has 0 N–H and O–H groups in total. The minimum absolute atomic E-state index is 1.04. The maximum absolute atomic E-state index is 3.55. The van der Waals surface area contributed by atoms with E-state index in [4.69, 9.17) is 0 Å². The van der Waals surface area contributed by atoms with Crippen LogP contribution in [0, 0.1) is 23.7 Å². The summed E-state index contributed by atoms with van der Waals surface area (Å²) in [6.07, 6.45) is 9.33. The predicted octanol–water partition coefficient (Wildman–Crippen LogP) is 3.92. The van der Waals surface area contributed by atoms with Gasteiger partial charge >= 0.3 is 0 Å². The second-order valence-electron chi connectivity index (χ2n) is 2.47. The Labute approximate surface area is 99.0 Å². The van der Waals surface area contributed by atoms with Crippen LogP contribution >= 0.6 is 21.6 Å². The van der Waals surface area contributed by atoms with Crippen molar-refractivity contribution in [2.45, 2.75) is 6.92 Å². The first-order valence-corrected chi connectivity index (χ1v) is 6.53. The molecule has 2 heteroatoms. The summed E-state index contributed by atoms with van der Waals surface area (Å²) in [5, 5.41) is 0. The zero-order valence-electron chi connectivity index (χ0n) is 8.41. The fourth-order valence-electron chi connectivity index (χ4n) is 0.740. The largest absolute Gasteiger partial charge is 0.0906 e. The molecule has 0 aromatic carbocycles. The number of allylic oxidation sites excluding steroid dienone is 7. The van der Waals surface area contributed by atoms with Crippen molar-refractivity contribution in [1.82, 2.24) is 0 Å². The molecule has 0 nitrogen and oxygen atoms in total. The van der Waals surface area contributed by atoms with Crippen LogP contribution in [0.25, 0.3) is 0 Å². The van der Waals surface area contributed by atoms with Gasteiger partial charge in [-0.1, -0.05) is 36.3 Å². The molecular weight excluding hydrogens is 220 g/mol. The van der Waals surface area contributed by atoms with Gasteiger partial charge in [0.25, 0.3) is 0 Å². The minimum atomic E-state index is 1.04. The second-order valence-corrected chi connectivity index (χ2v) is 4.68. The van der Waals surface area contributed by atoms with Gasteiger partial charge in [-0.25, -0.2) is 0 Å². The van der Waals surface area contributed by atoms with E-state index in [0.717, 1.165) is 9.81 Å². The van der Waals surface area contributed by atoms with E-state index in [0.29, 0.717) is 0 Å². The summed E-state index contributed by atoms with van der Waals surface area (Å²) >= 11 is 0. The van der Waals surface area contributed by atoms with Crippen molar-refractivity contribution in [3.05, 3.63) is 46.8 Å². The molecule has 0 amide bonds. The van der Waals surface area contributed by atoms with E-state index in [-0.39, 0.29) is 0 Å². The number of hydrogen-bond donors (Lipinski definition) is 0. The lowest BCUT2D eigenvalue weighted by molar-refractivity contribution is 1.76. The maximum Gasteiger partial charge on any atom is 0.0689 e. The molecule has 0 aliphatic carbocycles. The fraction of sp³-hybridized carbons (Fsp3) is 0.0769. The Morgan fingerprint density at radius 1 is 1.13 bits per heavy atom. The normalized spacial score (nSPS) is 14.2. The minimum Gasteiger partial charge on any atom is -0.0906 e. The zero-order chi connectivity index (χ0) is 10.9. The summed E-state index contributed by atoms with van der Waals surface area (Å²) in [7, 11) is 3.27. The summed E-state index contributed by atoms with van der Waals surface area (Å²) in [6, 6.07) is 0. The first kappa shape index (κ1) is 11.9. The van der Waals surface area contributed by atoms with Gasteiger partial charge < -0.3 is 0 Å². The molecule has 1 heterocycles. The third-order valence-electron chi connectivity index (χ3n) is 1.35. The standard InChI is InChI=1S/C13H10S2/c1-3-5-7-9-13-11-10-12(14-15-13)8-6-4-2/h3-5,10-11H,2H2,1H3/b5-3+. The Hall–Kier alpha value is -1.22. The maximum atomic E-state index is 3.55. The molecule has 0 fully saturated rings. The third-order valence-corrected chi connectivity index (χ3v) is 3.60. The van der Waals surface area contributed by atoms with Crippen molar-refractivity contribution in [3.63, 3.8) is 0 Å². The van der Waals surface area contributed by atoms with E-state index >= 15 is 0 Å². The summed E-state index contributed by atoms with van der Waals surface area (Å²) in [6.45, 7) is 5.50. The monoisotopic (exact) mass is 230 g/mol. The Balaban J connectivity index is 2.69. The summed E-state index contributed by atoms with van der Waals surface area (Å²) in [5.74, 6) is 11.8. The van der Waals surface area contributed by atoms with Crippen LogP contribution in [0.4, 0.5) is 0 Å². The Bertz CT molecular complexity index is 442. The first-order chi connectivity index (χ1) is 7.36. The first-order valence-electron chi connectivity index (χ1n) is 4.38. The summed E-state index contributed by atoms with van der Waals surface area (Å²) in [5.41, 5.74) is 0. The van der Waals surface area contributed by atoms with E-state index in [1.165, 1.54) is 0 Å². The Morgan fingerprint density at radius 2 is 1.73 bits per heavy atom. The van der Waals surface area contributed by atoms with Gasteiger partial charge in [0, 0.05) is 0 Å². The van der Waals surface area contributed by atoms with Gasteiger partial charge in [-0.2, -0.15) is 0 Å². The lowest BCUT2D eigenvalue weighted by atomic mass is 10.4. The lowest BCUT2D eigenvalue weighted by Gasteiger charge is -2.03. The highest BCUT2D eigenvalue weighted by molar-refractivity contribution is 8.79. The van der Waals surface area contributed by atoms with Gasteiger partial charge in [-0.15, -0.1) is 0 Å². The van der Waals surface area contributed by atoms with Crippen LogP contribution < -0.4 is 0 Å². The molecule has 0 aromatic heterocycles. The highest BCUT2D eigenvalue weighted by Crippen LogP contribution is 2.39. The highest BCUT2D eigenvalue weighted by Gasteiger charge is 2.03. The zero-order valence-corrected chi connectivity index (χ0v) is 10.0. The van der Waals surface area contributed by atoms with E-state index in [1.807, 2.05) is 31.2 Å². The molecule has 0 saturated carbocycles. The van der Waals surface area contributed by atoms with Crippen molar-refractivity contribution in [2.75, 3.05) is 0 Å². The molecule has 0 bridgehead atoms. The molecule has 0 atom stereocenters. The van der Waals surface area contributed by atoms with Gasteiger partial charge in [0.1, 0.15) is 0 Å². The van der Waals surface area contributed by atoms with Gasteiger partial charge in [-0.3, -0.25) is 0 Å². The smallest absolute Gasteiger partial charge is 0.0689 e. The molecular formula is C13H10S2. The quantitative estimate of drug-likeness (QED) is 0.457. The summed E-state index contributed by atoms with van der Waals surface area (Å²) < 4.78 is 0. The van der Waals surface area contributed by atoms with Gasteiger partial charge in [0.05, 0.1) is 9.81 Å². The van der Waals surface area contributed by atoms with Crippen molar-refractivity contribution in [1.29, 1.82) is 0 Å². The molecule has 0 aromatic rings. The lowest BCUT2D eigenvalue weighted by Crippen LogP contribution is -1.77. The molecule has 1 aliphatic rings. The van der Waals surface area contributed by atoms with Gasteiger partial charge in [0.2, 0.25) is 0 Å². The fourth-order valence-corrected chi connectivity index (χ4v) is 2.49.